The molecule has 19 nitrogen and oxygen atoms in total. The van der Waals surface area contributed by atoms with Crippen molar-refractivity contribution in [1.82, 2.24) is 35.3 Å². The number of aryl methyl sites for hydroxylation is 2. The van der Waals surface area contributed by atoms with Crippen LogP contribution in [0.3, 0.4) is 0 Å². The van der Waals surface area contributed by atoms with Crippen LogP contribution in [0.4, 0.5) is 17.1 Å². The minimum Gasteiger partial charge on any atom is -0.494 e. The fraction of sp³-hybridized carbons (Fsp3) is 0.324. The van der Waals surface area contributed by atoms with Crippen molar-refractivity contribution >= 4 is 23.0 Å². The number of methoxy groups -OCH3 is 3. The summed E-state index contributed by atoms with van der Waals surface area (Å²) in [6, 6.07) is 14.1. The molecule has 0 atom stereocenters. The van der Waals surface area contributed by atoms with E-state index in [4.69, 9.17) is 25.7 Å². The highest BCUT2D eigenvalue weighted by Crippen LogP contribution is 2.36. The molecule has 0 unspecified atom stereocenters. The largest absolute Gasteiger partial charge is 0.494 e. The van der Waals surface area contributed by atoms with Crippen molar-refractivity contribution in [3.63, 3.8) is 0 Å². The number of nitrogens with one attached hydrogen (secondary N) is 2. The number of nitrogens with zero attached hydrogens (tertiary/aromatic N) is 7. The fourth-order valence-corrected chi connectivity index (χ4v) is 4.02. The van der Waals surface area contributed by atoms with Gasteiger partial charge < -0.3 is 30.6 Å². The predicted molar refractivity (Wildman–Crippen MR) is 199 cm³/mol. The van der Waals surface area contributed by atoms with Crippen molar-refractivity contribution in [3.05, 3.63) is 92.0 Å². The van der Waals surface area contributed by atoms with Crippen LogP contribution in [0.5, 0.6) is 17.2 Å². The van der Waals surface area contributed by atoms with E-state index < -0.39 is 15.8 Å². The molecule has 3 aromatic carbocycles. The molecule has 5 rings (SSSR count). The maximum atomic E-state index is 10.9. The van der Waals surface area contributed by atoms with Crippen LogP contribution in [-0.2, 0) is 0 Å². The van der Waals surface area contributed by atoms with E-state index in [2.05, 4.69) is 70.1 Å². The molecule has 0 aliphatic heterocycles. The van der Waals surface area contributed by atoms with Crippen LogP contribution in [0.25, 0.3) is 22.8 Å². The highest BCUT2D eigenvalue weighted by Gasteiger charge is 2.22. The van der Waals surface area contributed by atoms with E-state index in [1.165, 1.54) is 38.5 Å². The van der Waals surface area contributed by atoms with E-state index in [0.29, 0.717) is 40.0 Å². The lowest BCUT2D eigenvalue weighted by Crippen LogP contribution is -2.34. The lowest BCUT2D eigenvalue weighted by Gasteiger charge is -2.27. The average Bonchev–Trinajstić information content (AvgIpc) is 3.75. The van der Waals surface area contributed by atoms with Crippen molar-refractivity contribution < 1.29 is 28.9 Å². The Kier molecular flexibility index (Phi) is 15.3. The Labute approximate surface area is 306 Å². The standard InChI is InChI=1S/C10H10N4O3.C10H12N4O.C8H8N2O4.C6H15N/c1-6-11-10(13-12-6)7-4-3-5-8(14(15)16)9(7)17-2;1-6-12-10(14-13-6)7-4-3-5-8(11)9(7)15-2;1-14-7-5(8(9)11)3-2-4-6(7)10(12)13;1-6(2,3)7(4)5/h3-5H,1-2H3,(H,11,12,13);3-5H,11H2,1-2H3,(H,12,13,14);2-4H,1H3,(H2,9,11);1-5H3. The Morgan fingerprint density at radius 3 is 1.49 bits per heavy atom. The average molecular weight is 736 g/mol. The number of primary amides is 1. The van der Waals surface area contributed by atoms with Gasteiger partial charge in [-0.3, -0.25) is 35.2 Å². The summed E-state index contributed by atoms with van der Waals surface area (Å²) in [5.74, 6) is 2.27. The summed E-state index contributed by atoms with van der Waals surface area (Å²) >= 11 is 0. The van der Waals surface area contributed by atoms with E-state index in [0.717, 1.165) is 11.4 Å². The highest BCUT2D eigenvalue weighted by atomic mass is 16.6. The molecule has 53 heavy (non-hydrogen) atoms. The number of H-pyrrole nitrogens is 2. The number of aromatic amines is 2. The quantitative estimate of drug-likeness (QED) is 0.0915. The number of carbonyl (C=O) groups is 1. The molecule has 2 heterocycles. The number of rotatable bonds is 8. The maximum absolute atomic E-state index is 10.9. The van der Waals surface area contributed by atoms with Gasteiger partial charge in [-0.25, -0.2) is 9.97 Å². The van der Waals surface area contributed by atoms with E-state index in [1.54, 1.807) is 32.2 Å². The van der Waals surface area contributed by atoms with Gasteiger partial charge >= 0.3 is 11.4 Å². The number of nitrogens with two attached hydrogens (primary N) is 2. The molecular weight excluding hydrogens is 690 g/mol. The Bertz CT molecular complexity index is 1970. The lowest BCUT2D eigenvalue weighted by molar-refractivity contribution is -0.385. The Morgan fingerprint density at radius 1 is 0.736 bits per heavy atom. The number of hydrogen-bond donors (Lipinski definition) is 4. The first-order chi connectivity index (χ1) is 24.9. The first kappa shape index (κ1) is 42.5. The second-order valence-corrected chi connectivity index (χ2v) is 12.1. The first-order valence-corrected chi connectivity index (χ1v) is 15.7. The van der Waals surface area contributed by atoms with Gasteiger partial charge in [-0.15, -0.1) is 0 Å². The summed E-state index contributed by atoms with van der Waals surface area (Å²) in [5, 5.41) is 34.9. The third kappa shape index (κ3) is 11.7. The zero-order chi connectivity index (χ0) is 40.0. The normalized spacial score (nSPS) is 10.4. The zero-order valence-corrected chi connectivity index (χ0v) is 31.2. The second kappa shape index (κ2) is 19.1. The van der Waals surface area contributed by atoms with Gasteiger partial charge in [0.15, 0.2) is 17.4 Å². The van der Waals surface area contributed by atoms with E-state index in [-0.39, 0.29) is 28.4 Å². The van der Waals surface area contributed by atoms with Crippen LogP contribution in [-0.4, -0.2) is 92.0 Å². The minimum atomic E-state index is -0.759. The molecule has 0 saturated heterocycles. The van der Waals surface area contributed by atoms with Crippen LogP contribution in [0.1, 0.15) is 42.8 Å². The van der Waals surface area contributed by atoms with Gasteiger partial charge in [0.1, 0.15) is 11.6 Å². The van der Waals surface area contributed by atoms with E-state index in [9.17, 15) is 25.0 Å². The molecule has 5 aromatic rings. The molecule has 6 N–H and O–H groups in total. The van der Waals surface area contributed by atoms with Crippen LogP contribution in [0.2, 0.25) is 0 Å². The number of carbonyl (C=O) groups excluding carboxylic acids is 1. The highest BCUT2D eigenvalue weighted by molar-refractivity contribution is 5.97. The smallest absolute Gasteiger partial charge is 0.311 e. The van der Waals surface area contributed by atoms with Gasteiger partial charge in [0, 0.05) is 17.7 Å². The number of nitro benzene ring substituents is 2. The Hall–Kier alpha value is -6.63. The number of nitrogen functional groups attached to an aromatic ring is 1. The molecule has 0 radical (unpaired) electrons. The third-order valence-corrected chi connectivity index (χ3v) is 7.32. The van der Waals surface area contributed by atoms with E-state index in [1.807, 2.05) is 19.1 Å². The molecular formula is C34H45N11O8. The number of benzene rings is 3. The molecule has 0 fully saturated rings. The van der Waals surface area contributed by atoms with Gasteiger partial charge in [-0.1, -0.05) is 18.2 Å². The number of nitro groups is 2. The van der Waals surface area contributed by atoms with Gasteiger partial charge in [0.05, 0.1) is 53.6 Å². The third-order valence-electron chi connectivity index (χ3n) is 7.32. The zero-order valence-electron chi connectivity index (χ0n) is 31.2. The fourth-order valence-electron chi connectivity index (χ4n) is 4.02. The summed E-state index contributed by atoms with van der Waals surface area (Å²) in [7, 11) is 8.37. The molecule has 2 aromatic heterocycles. The van der Waals surface area contributed by atoms with Crippen molar-refractivity contribution in [2.24, 2.45) is 5.73 Å². The van der Waals surface area contributed by atoms with Crippen molar-refractivity contribution in [3.8, 4) is 40.0 Å². The number of hydrogen-bond acceptors (Lipinski definition) is 14. The molecule has 0 saturated carbocycles. The van der Waals surface area contributed by atoms with Gasteiger partial charge in [-0.2, -0.15) is 10.2 Å². The van der Waals surface area contributed by atoms with Crippen LogP contribution >= 0.6 is 0 Å². The number of amides is 1. The van der Waals surface area contributed by atoms with Crippen molar-refractivity contribution in [1.29, 1.82) is 0 Å². The van der Waals surface area contributed by atoms with Crippen molar-refractivity contribution in [2.75, 3.05) is 41.2 Å². The van der Waals surface area contributed by atoms with Gasteiger partial charge in [0.2, 0.25) is 11.5 Å². The molecule has 0 bridgehead atoms. The summed E-state index contributed by atoms with van der Waals surface area (Å²) in [5.41, 5.74) is 12.6. The molecule has 1 amide bonds. The monoisotopic (exact) mass is 735 g/mol. The summed E-state index contributed by atoms with van der Waals surface area (Å²) < 4.78 is 15.0. The van der Waals surface area contributed by atoms with Crippen molar-refractivity contribution in [2.45, 2.75) is 40.2 Å². The number of para-hydroxylation sites is 3. The maximum Gasteiger partial charge on any atom is 0.311 e. The topological polar surface area (TPSA) is 269 Å². The molecule has 0 aliphatic carbocycles. The molecule has 0 aliphatic rings. The van der Waals surface area contributed by atoms with E-state index >= 15 is 0 Å². The van der Waals surface area contributed by atoms with Crippen LogP contribution in [0, 0.1) is 34.1 Å². The molecule has 0 spiro atoms. The summed E-state index contributed by atoms with van der Waals surface area (Å²) in [4.78, 5) is 41.7. The Morgan fingerprint density at radius 2 is 1.13 bits per heavy atom. The van der Waals surface area contributed by atoms with Gasteiger partial charge in [0.25, 0.3) is 5.91 Å². The second-order valence-electron chi connectivity index (χ2n) is 12.1. The number of aromatic nitrogens is 6. The lowest BCUT2D eigenvalue weighted by atomic mass is 10.1. The molecule has 284 valence electrons. The number of ether oxygens (including phenoxy) is 3. The number of anilines is 1. The Balaban J connectivity index is 0.000000254. The SMILES string of the molecule is CN(C)C(C)(C)C.COc1c(-c2n[nH]c(C)n2)cccc1[N+](=O)[O-].COc1c(C(N)=O)cccc1[N+](=O)[O-].COc1c(N)cccc1-c1n[nH]c(C)n1. The predicted octanol–water partition coefficient (Wildman–Crippen LogP) is 5.12. The first-order valence-electron chi connectivity index (χ1n) is 15.7. The summed E-state index contributed by atoms with van der Waals surface area (Å²) in [6.07, 6.45) is 0. The summed E-state index contributed by atoms with van der Waals surface area (Å²) in [6.45, 7) is 10.2. The van der Waals surface area contributed by atoms with Crippen LogP contribution in [0.15, 0.2) is 54.6 Å². The minimum absolute atomic E-state index is 0.00157. The molecule has 19 heteroatoms. The van der Waals surface area contributed by atoms with Crippen LogP contribution < -0.4 is 25.7 Å². The van der Waals surface area contributed by atoms with Gasteiger partial charge in [-0.05, 0) is 73.0 Å².